The van der Waals surface area contributed by atoms with E-state index in [0.29, 0.717) is 29.3 Å². The van der Waals surface area contributed by atoms with E-state index < -0.39 is 0 Å². The van der Waals surface area contributed by atoms with E-state index in [1.165, 1.54) is 11.8 Å². The van der Waals surface area contributed by atoms with E-state index in [1.807, 2.05) is 16.7 Å². The lowest BCUT2D eigenvalue weighted by atomic mass is 9.92. The van der Waals surface area contributed by atoms with Crippen LogP contribution in [0.3, 0.4) is 0 Å². The number of hydrogen-bond donors (Lipinski definition) is 1. The average molecular weight is 441 g/mol. The van der Waals surface area contributed by atoms with Crippen LogP contribution in [0.25, 0.3) is 11.6 Å². The van der Waals surface area contributed by atoms with Crippen molar-refractivity contribution < 1.29 is 9.21 Å². The Morgan fingerprint density at radius 2 is 1.71 bits per heavy atom. The van der Waals surface area contributed by atoms with Gasteiger partial charge in [0, 0.05) is 12.2 Å². The van der Waals surface area contributed by atoms with Crippen molar-refractivity contribution in [1.82, 2.24) is 14.8 Å². The number of benzene rings is 1. The molecule has 7 heteroatoms. The van der Waals surface area contributed by atoms with Crippen LogP contribution in [-0.4, -0.2) is 26.4 Å². The summed E-state index contributed by atoms with van der Waals surface area (Å²) in [6, 6.07) is 9.96. The van der Waals surface area contributed by atoms with Gasteiger partial charge in [-0.1, -0.05) is 71.5 Å². The smallest absolute Gasteiger partial charge is 0.234 e. The molecule has 166 valence electrons. The molecule has 1 aromatic carbocycles. The normalized spacial score (nSPS) is 11.6. The van der Waals surface area contributed by atoms with Crippen LogP contribution in [0, 0.1) is 5.92 Å². The van der Waals surface area contributed by atoms with Crippen LogP contribution in [0.2, 0.25) is 0 Å². The van der Waals surface area contributed by atoms with Crippen molar-refractivity contribution >= 4 is 23.4 Å². The number of para-hydroxylation sites is 1. The van der Waals surface area contributed by atoms with E-state index in [-0.39, 0.29) is 11.7 Å². The van der Waals surface area contributed by atoms with Crippen molar-refractivity contribution in [3.05, 3.63) is 47.7 Å². The third-order valence-electron chi connectivity index (χ3n) is 4.98. The third-order valence-corrected chi connectivity index (χ3v) is 5.94. The van der Waals surface area contributed by atoms with E-state index in [4.69, 9.17) is 4.42 Å². The number of hydrogen-bond acceptors (Lipinski definition) is 5. The van der Waals surface area contributed by atoms with Gasteiger partial charge in [-0.2, -0.15) is 0 Å². The molecule has 31 heavy (non-hydrogen) atoms. The standard InChI is InChI=1S/C24H32N4O2S/c1-15(2)13-28-23(20-11-8-12-30-20)26-27-24(28)31-14-21(29)25-22-18(16(3)4)9-7-10-19(22)17(5)6/h7-12,15-17H,13-14H2,1-6H3,(H,25,29). The van der Waals surface area contributed by atoms with Gasteiger partial charge >= 0.3 is 0 Å². The molecule has 0 atom stereocenters. The first-order valence-corrected chi connectivity index (χ1v) is 11.8. The summed E-state index contributed by atoms with van der Waals surface area (Å²) in [6.45, 7) is 13.6. The van der Waals surface area contributed by atoms with Gasteiger partial charge in [0.1, 0.15) is 0 Å². The monoisotopic (exact) mass is 440 g/mol. The molecule has 0 radical (unpaired) electrons. The van der Waals surface area contributed by atoms with E-state index in [0.717, 1.165) is 28.5 Å². The summed E-state index contributed by atoms with van der Waals surface area (Å²) in [5.41, 5.74) is 3.26. The van der Waals surface area contributed by atoms with Gasteiger partial charge in [-0.3, -0.25) is 9.36 Å². The Hall–Kier alpha value is -2.54. The number of anilines is 1. The molecule has 1 amide bonds. The number of carbonyl (C=O) groups excluding carboxylic acids is 1. The minimum Gasteiger partial charge on any atom is -0.461 e. The van der Waals surface area contributed by atoms with Crippen LogP contribution in [0.15, 0.2) is 46.2 Å². The summed E-state index contributed by atoms with van der Waals surface area (Å²) >= 11 is 1.40. The molecule has 0 aliphatic heterocycles. The summed E-state index contributed by atoms with van der Waals surface area (Å²) in [7, 11) is 0. The lowest BCUT2D eigenvalue weighted by Crippen LogP contribution is -2.18. The second-order valence-electron chi connectivity index (χ2n) is 8.75. The van der Waals surface area contributed by atoms with Gasteiger partial charge < -0.3 is 9.73 Å². The predicted octanol–water partition coefficient (Wildman–Crippen LogP) is 6.17. The Balaban J connectivity index is 1.78. The molecule has 2 aromatic heterocycles. The summed E-state index contributed by atoms with van der Waals surface area (Å²) in [5.74, 6) is 2.64. The molecule has 0 unspecified atom stereocenters. The number of aromatic nitrogens is 3. The molecule has 6 nitrogen and oxygen atoms in total. The maximum Gasteiger partial charge on any atom is 0.234 e. The zero-order valence-electron chi connectivity index (χ0n) is 19.2. The van der Waals surface area contributed by atoms with Crippen LogP contribution >= 0.6 is 11.8 Å². The molecule has 3 rings (SSSR count). The number of rotatable bonds is 9. The van der Waals surface area contributed by atoms with Crippen molar-refractivity contribution in [2.45, 2.75) is 65.1 Å². The summed E-state index contributed by atoms with van der Waals surface area (Å²) in [5, 5.41) is 12.5. The first-order chi connectivity index (χ1) is 14.8. The van der Waals surface area contributed by atoms with E-state index in [2.05, 4.69) is 75.3 Å². The van der Waals surface area contributed by atoms with E-state index in [1.54, 1.807) is 6.26 Å². The van der Waals surface area contributed by atoms with Gasteiger partial charge in [0.05, 0.1) is 12.0 Å². The maximum absolute atomic E-state index is 12.9. The Bertz CT molecular complexity index is 981. The fourth-order valence-corrected chi connectivity index (χ4v) is 4.26. The number of nitrogens with one attached hydrogen (secondary N) is 1. The van der Waals surface area contributed by atoms with Crippen molar-refractivity contribution in [1.29, 1.82) is 0 Å². The Morgan fingerprint density at radius 3 is 2.26 bits per heavy atom. The second kappa shape index (κ2) is 10.2. The van der Waals surface area contributed by atoms with Gasteiger partial charge in [-0.15, -0.1) is 10.2 Å². The molecule has 0 aliphatic carbocycles. The van der Waals surface area contributed by atoms with Gasteiger partial charge in [0.15, 0.2) is 16.7 Å². The quantitative estimate of drug-likeness (QED) is 0.403. The van der Waals surface area contributed by atoms with Crippen molar-refractivity contribution in [2.24, 2.45) is 5.92 Å². The first kappa shape index (κ1) is 23.1. The molecule has 0 bridgehead atoms. The minimum absolute atomic E-state index is 0.0429. The number of furan rings is 1. The highest BCUT2D eigenvalue weighted by atomic mass is 32.2. The molecule has 0 saturated carbocycles. The highest BCUT2D eigenvalue weighted by molar-refractivity contribution is 7.99. The number of carbonyl (C=O) groups is 1. The number of thioether (sulfide) groups is 1. The zero-order chi connectivity index (χ0) is 22.5. The largest absolute Gasteiger partial charge is 0.461 e. The maximum atomic E-state index is 12.9. The molecule has 3 aromatic rings. The van der Waals surface area contributed by atoms with Crippen LogP contribution in [0.1, 0.15) is 64.5 Å². The van der Waals surface area contributed by atoms with Gasteiger partial charge in [-0.05, 0) is 41.0 Å². The zero-order valence-corrected chi connectivity index (χ0v) is 20.0. The second-order valence-corrected chi connectivity index (χ2v) is 9.69. The third kappa shape index (κ3) is 5.58. The Labute approximate surface area is 188 Å². The highest BCUT2D eigenvalue weighted by Gasteiger charge is 2.20. The lowest BCUT2D eigenvalue weighted by Gasteiger charge is -2.20. The summed E-state index contributed by atoms with van der Waals surface area (Å²) in [4.78, 5) is 12.9. The molecule has 2 heterocycles. The predicted molar refractivity (Wildman–Crippen MR) is 127 cm³/mol. The van der Waals surface area contributed by atoms with Crippen molar-refractivity contribution in [2.75, 3.05) is 11.1 Å². The van der Waals surface area contributed by atoms with Crippen LogP contribution < -0.4 is 5.32 Å². The van der Waals surface area contributed by atoms with Crippen molar-refractivity contribution in [3.63, 3.8) is 0 Å². The molecule has 1 N–H and O–H groups in total. The van der Waals surface area contributed by atoms with E-state index in [9.17, 15) is 4.79 Å². The average Bonchev–Trinajstić information content (AvgIpc) is 3.35. The topological polar surface area (TPSA) is 73.0 Å². The molecular weight excluding hydrogens is 408 g/mol. The first-order valence-electron chi connectivity index (χ1n) is 10.8. The van der Waals surface area contributed by atoms with Crippen molar-refractivity contribution in [3.8, 4) is 11.6 Å². The fourth-order valence-electron chi connectivity index (χ4n) is 3.51. The molecule has 0 aliphatic rings. The highest BCUT2D eigenvalue weighted by Crippen LogP contribution is 2.33. The van der Waals surface area contributed by atoms with Crippen LogP contribution in [0.5, 0.6) is 0 Å². The lowest BCUT2D eigenvalue weighted by molar-refractivity contribution is -0.113. The van der Waals surface area contributed by atoms with Gasteiger partial charge in [0.25, 0.3) is 0 Å². The van der Waals surface area contributed by atoms with Crippen LogP contribution in [-0.2, 0) is 11.3 Å². The Morgan fingerprint density at radius 1 is 1.03 bits per heavy atom. The van der Waals surface area contributed by atoms with Gasteiger partial charge in [-0.25, -0.2) is 0 Å². The molecule has 0 spiro atoms. The summed E-state index contributed by atoms with van der Waals surface area (Å²) < 4.78 is 7.55. The molecule has 0 fully saturated rings. The summed E-state index contributed by atoms with van der Waals surface area (Å²) in [6.07, 6.45) is 1.63. The molecule has 0 saturated heterocycles. The Kier molecular flexibility index (Phi) is 7.59. The number of nitrogens with zero attached hydrogens (tertiary/aromatic N) is 3. The fraction of sp³-hybridized carbons (Fsp3) is 0.458. The van der Waals surface area contributed by atoms with E-state index >= 15 is 0 Å². The number of amides is 1. The SMILES string of the molecule is CC(C)Cn1c(SCC(=O)Nc2c(C(C)C)cccc2C(C)C)nnc1-c1ccco1. The van der Waals surface area contributed by atoms with Crippen LogP contribution in [0.4, 0.5) is 5.69 Å². The minimum atomic E-state index is -0.0429. The van der Waals surface area contributed by atoms with Gasteiger partial charge in [0.2, 0.25) is 5.91 Å². The molecular formula is C24H32N4O2S.